The predicted molar refractivity (Wildman–Crippen MR) is 127 cm³/mol. The van der Waals surface area contributed by atoms with Gasteiger partial charge in [0.25, 0.3) is 0 Å². The van der Waals surface area contributed by atoms with E-state index in [0.717, 1.165) is 32.1 Å². The Morgan fingerprint density at radius 1 is 1.00 bits per heavy atom. The molecule has 32 heavy (non-hydrogen) atoms. The summed E-state index contributed by atoms with van der Waals surface area (Å²) >= 11 is 0. The third-order valence-corrected chi connectivity index (χ3v) is 7.15. The third-order valence-electron chi connectivity index (χ3n) is 7.15. The maximum atomic E-state index is 12.6. The van der Waals surface area contributed by atoms with Gasteiger partial charge < -0.3 is 14.7 Å². The van der Waals surface area contributed by atoms with Crippen LogP contribution in [0.5, 0.6) is 11.5 Å². The number of hydrogen-bond donors (Lipinski definition) is 1. The summed E-state index contributed by atoms with van der Waals surface area (Å²) in [5, 5.41) is 9.76. The summed E-state index contributed by atoms with van der Waals surface area (Å²) in [6, 6.07) is 16.5. The highest BCUT2D eigenvalue weighted by atomic mass is 16.5. The number of piperazine rings is 1. The molecule has 2 aliphatic rings. The molecule has 172 valence electrons. The fourth-order valence-corrected chi connectivity index (χ4v) is 5.04. The summed E-state index contributed by atoms with van der Waals surface area (Å²) in [4.78, 5) is 17.0. The first-order valence-electron chi connectivity index (χ1n) is 12.1. The number of rotatable bonds is 7. The summed E-state index contributed by atoms with van der Waals surface area (Å²) in [6.45, 7) is 5.82. The van der Waals surface area contributed by atoms with E-state index in [0.29, 0.717) is 18.2 Å². The number of aromatic hydroxyl groups is 1. The number of amides is 1. The molecule has 1 N–H and O–H groups in total. The number of carbonyl (C=O) groups is 1. The average Bonchev–Trinajstić information content (AvgIpc) is 2.85. The second-order valence-electron chi connectivity index (χ2n) is 9.16. The maximum Gasteiger partial charge on any atom is 0.226 e. The lowest BCUT2D eigenvalue weighted by Crippen LogP contribution is -2.49. The summed E-state index contributed by atoms with van der Waals surface area (Å²) in [7, 11) is 0. The summed E-state index contributed by atoms with van der Waals surface area (Å²) in [5.41, 5.74) is 2.86. The van der Waals surface area contributed by atoms with Gasteiger partial charge in [-0.05, 0) is 48.9 Å². The smallest absolute Gasteiger partial charge is 0.226 e. The van der Waals surface area contributed by atoms with Gasteiger partial charge in [-0.2, -0.15) is 0 Å². The summed E-state index contributed by atoms with van der Waals surface area (Å²) < 4.78 is 5.56. The molecule has 1 aliphatic heterocycles. The van der Waals surface area contributed by atoms with Crippen molar-refractivity contribution >= 4 is 5.91 Å². The van der Waals surface area contributed by atoms with E-state index in [1.807, 2.05) is 4.90 Å². The van der Waals surface area contributed by atoms with Crippen molar-refractivity contribution in [3.05, 3.63) is 59.7 Å². The monoisotopic (exact) mass is 436 g/mol. The van der Waals surface area contributed by atoms with Crippen molar-refractivity contribution in [1.82, 2.24) is 9.80 Å². The van der Waals surface area contributed by atoms with E-state index < -0.39 is 0 Å². The molecule has 5 nitrogen and oxygen atoms in total. The molecule has 1 saturated carbocycles. The molecule has 2 aromatic carbocycles. The molecular weight excluding hydrogens is 400 g/mol. The lowest BCUT2D eigenvalue weighted by atomic mass is 9.83. The first kappa shape index (κ1) is 22.7. The summed E-state index contributed by atoms with van der Waals surface area (Å²) in [5.74, 6) is 1.39. The van der Waals surface area contributed by atoms with Crippen LogP contribution in [0.25, 0.3) is 0 Å². The average molecular weight is 437 g/mol. The minimum absolute atomic E-state index is 0.106. The number of nitrogens with zero attached hydrogens (tertiary/aromatic N) is 2. The standard InChI is InChI=1S/C27H36N2O3/c1-21(22-11-13-24(14-12-22)23-7-3-2-4-8-23)28-16-18-29(19-17-28)27(31)15-20-32-26-10-6-5-9-25(26)30/h5-6,9-14,21,23,30H,2-4,7-8,15-20H2,1H3. The van der Waals surface area contributed by atoms with Crippen LogP contribution in [0, 0.1) is 0 Å². The second kappa shape index (κ2) is 10.9. The van der Waals surface area contributed by atoms with Gasteiger partial charge in [0.2, 0.25) is 5.91 Å². The van der Waals surface area contributed by atoms with Crippen molar-refractivity contribution in [2.45, 2.75) is 57.4 Å². The van der Waals surface area contributed by atoms with Crippen molar-refractivity contribution in [3.8, 4) is 11.5 Å². The van der Waals surface area contributed by atoms with Gasteiger partial charge in [0, 0.05) is 32.2 Å². The van der Waals surface area contributed by atoms with Crippen LogP contribution in [-0.4, -0.2) is 53.6 Å². The summed E-state index contributed by atoms with van der Waals surface area (Å²) in [6.07, 6.45) is 7.13. The topological polar surface area (TPSA) is 53.0 Å². The molecule has 1 heterocycles. The first-order valence-corrected chi connectivity index (χ1v) is 12.1. The molecule has 1 unspecified atom stereocenters. The van der Waals surface area contributed by atoms with Crippen molar-refractivity contribution in [3.63, 3.8) is 0 Å². The van der Waals surface area contributed by atoms with Gasteiger partial charge in [-0.25, -0.2) is 0 Å². The van der Waals surface area contributed by atoms with Crippen LogP contribution in [0.2, 0.25) is 0 Å². The Labute approximate surface area is 192 Å². The molecule has 0 aromatic heterocycles. The van der Waals surface area contributed by atoms with E-state index in [1.54, 1.807) is 24.3 Å². The van der Waals surface area contributed by atoms with E-state index in [4.69, 9.17) is 4.74 Å². The highest BCUT2D eigenvalue weighted by molar-refractivity contribution is 5.76. The molecule has 2 aromatic rings. The van der Waals surface area contributed by atoms with Crippen LogP contribution in [0.4, 0.5) is 0 Å². The molecule has 4 rings (SSSR count). The Hall–Kier alpha value is -2.53. The molecule has 5 heteroatoms. The zero-order valence-electron chi connectivity index (χ0n) is 19.2. The fraction of sp³-hybridized carbons (Fsp3) is 0.519. The zero-order chi connectivity index (χ0) is 22.3. The van der Waals surface area contributed by atoms with Crippen LogP contribution in [0.3, 0.4) is 0 Å². The van der Waals surface area contributed by atoms with Gasteiger partial charge in [-0.15, -0.1) is 0 Å². The number of carbonyl (C=O) groups excluding carboxylic acids is 1. The zero-order valence-corrected chi connectivity index (χ0v) is 19.2. The highest BCUT2D eigenvalue weighted by Crippen LogP contribution is 2.33. The first-order chi connectivity index (χ1) is 15.6. The van der Waals surface area contributed by atoms with Crippen molar-refractivity contribution in [2.24, 2.45) is 0 Å². The number of phenols is 1. The molecule has 0 bridgehead atoms. The lowest BCUT2D eigenvalue weighted by molar-refractivity contribution is -0.133. The van der Waals surface area contributed by atoms with Gasteiger partial charge in [0.1, 0.15) is 0 Å². The molecular formula is C27H36N2O3. The Morgan fingerprint density at radius 3 is 2.38 bits per heavy atom. The van der Waals surface area contributed by atoms with E-state index in [2.05, 4.69) is 36.1 Å². The second-order valence-corrected chi connectivity index (χ2v) is 9.16. The van der Waals surface area contributed by atoms with E-state index in [9.17, 15) is 9.90 Å². The normalized spacial score (nSPS) is 19.0. The number of benzene rings is 2. The SMILES string of the molecule is CC(c1ccc(C2CCCCC2)cc1)N1CCN(C(=O)CCOc2ccccc2O)CC1. The Morgan fingerprint density at radius 2 is 1.69 bits per heavy atom. The number of ether oxygens (including phenoxy) is 1. The Kier molecular flexibility index (Phi) is 7.69. The van der Waals surface area contributed by atoms with Gasteiger partial charge in [0.15, 0.2) is 11.5 Å². The van der Waals surface area contributed by atoms with E-state index in [-0.39, 0.29) is 18.3 Å². The van der Waals surface area contributed by atoms with Crippen molar-refractivity contribution in [1.29, 1.82) is 0 Å². The van der Waals surface area contributed by atoms with Gasteiger partial charge in [-0.1, -0.05) is 55.7 Å². The molecule has 1 aliphatic carbocycles. The van der Waals surface area contributed by atoms with Crippen LogP contribution in [-0.2, 0) is 4.79 Å². The molecule has 0 radical (unpaired) electrons. The quantitative estimate of drug-likeness (QED) is 0.655. The van der Waals surface area contributed by atoms with Gasteiger partial charge in [0.05, 0.1) is 13.0 Å². The van der Waals surface area contributed by atoms with Crippen LogP contribution in [0.15, 0.2) is 48.5 Å². The largest absolute Gasteiger partial charge is 0.504 e. The minimum Gasteiger partial charge on any atom is -0.504 e. The molecule has 1 amide bonds. The maximum absolute atomic E-state index is 12.6. The molecule has 2 fully saturated rings. The Balaban J connectivity index is 1.22. The lowest BCUT2D eigenvalue weighted by Gasteiger charge is -2.38. The third kappa shape index (κ3) is 5.63. The van der Waals surface area contributed by atoms with Crippen LogP contribution >= 0.6 is 0 Å². The van der Waals surface area contributed by atoms with Crippen molar-refractivity contribution in [2.75, 3.05) is 32.8 Å². The van der Waals surface area contributed by atoms with Crippen molar-refractivity contribution < 1.29 is 14.6 Å². The van der Waals surface area contributed by atoms with E-state index in [1.165, 1.54) is 43.2 Å². The predicted octanol–water partition coefficient (Wildman–Crippen LogP) is 5.11. The molecule has 1 saturated heterocycles. The van der Waals surface area contributed by atoms with Gasteiger partial charge in [-0.3, -0.25) is 9.69 Å². The van der Waals surface area contributed by atoms with E-state index >= 15 is 0 Å². The number of para-hydroxylation sites is 2. The molecule has 1 atom stereocenters. The molecule has 0 spiro atoms. The Bertz CT molecular complexity index is 869. The number of hydrogen-bond acceptors (Lipinski definition) is 4. The fourth-order valence-electron chi connectivity index (χ4n) is 5.04. The minimum atomic E-state index is 0.106. The number of phenolic OH excluding ortho intramolecular Hbond substituents is 1. The van der Waals surface area contributed by atoms with Crippen LogP contribution in [0.1, 0.15) is 68.5 Å². The van der Waals surface area contributed by atoms with Crippen LogP contribution < -0.4 is 4.74 Å². The highest BCUT2D eigenvalue weighted by Gasteiger charge is 2.25. The van der Waals surface area contributed by atoms with Gasteiger partial charge >= 0.3 is 0 Å².